The van der Waals surface area contributed by atoms with E-state index in [1.54, 1.807) is 0 Å². The number of amides is 1. The van der Waals surface area contributed by atoms with E-state index in [1.807, 2.05) is 26.8 Å². The van der Waals surface area contributed by atoms with Crippen molar-refractivity contribution in [3.63, 3.8) is 0 Å². The molecule has 0 aromatic heterocycles. The molecule has 1 amide bonds. The predicted molar refractivity (Wildman–Crippen MR) is 97.9 cm³/mol. The van der Waals surface area contributed by atoms with E-state index in [2.05, 4.69) is 57.3 Å². The van der Waals surface area contributed by atoms with Crippen LogP contribution in [-0.2, 0) is 4.74 Å². The lowest BCUT2D eigenvalue weighted by Crippen LogP contribution is -2.32. The van der Waals surface area contributed by atoms with Gasteiger partial charge in [-0.15, -0.1) is 0 Å². The first-order valence-corrected chi connectivity index (χ1v) is 8.38. The third-order valence-corrected chi connectivity index (χ3v) is 3.47. The summed E-state index contributed by atoms with van der Waals surface area (Å²) in [5, 5.41) is 2.76. The lowest BCUT2D eigenvalue weighted by Gasteiger charge is -2.19. The number of hydrogen-bond donors (Lipinski definition) is 1. The number of nitrogens with one attached hydrogen (secondary N) is 1. The molecule has 0 radical (unpaired) electrons. The molecule has 1 N–H and O–H groups in total. The Bertz CT molecular complexity index is 525. The van der Waals surface area contributed by atoms with E-state index in [4.69, 9.17) is 4.74 Å². The maximum absolute atomic E-state index is 11.7. The van der Waals surface area contributed by atoms with Crippen LogP contribution in [0, 0.1) is 0 Å². The van der Waals surface area contributed by atoms with Crippen LogP contribution in [0.25, 0.3) is 6.08 Å². The van der Waals surface area contributed by atoms with Gasteiger partial charge in [0.15, 0.2) is 0 Å². The summed E-state index contributed by atoms with van der Waals surface area (Å²) in [5.74, 6) is 0.930. The molecule has 0 saturated carbocycles. The van der Waals surface area contributed by atoms with Crippen LogP contribution in [0.4, 0.5) is 4.79 Å². The minimum atomic E-state index is -0.469. The molecule has 0 atom stereocenters. The van der Waals surface area contributed by atoms with Crippen LogP contribution in [0.1, 0.15) is 77.0 Å². The maximum Gasteiger partial charge on any atom is 0.407 e. The highest BCUT2D eigenvalue weighted by Crippen LogP contribution is 2.28. The van der Waals surface area contributed by atoms with Gasteiger partial charge in [-0.25, -0.2) is 4.79 Å². The molecule has 0 aliphatic carbocycles. The molecule has 128 valence electrons. The van der Waals surface area contributed by atoms with E-state index in [9.17, 15) is 4.79 Å². The topological polar surface area (TPSA) is 38.3 Å². The Labute approximate surface area is 141 Å². The van der Waals surface area contributed by atoms with Crippen molar-refractivity contribution >= 4 is 12.2 Å². The number of rotatable bonds is 5. The van der Waals surface area contributed by atoms with Gasteiger partial charge in [-0.3, -0.25) is 0 Å². The van der Waals surface area contributed by atoms with Crippen LogP contribution in [0.3, 0.4) is 0 Å². The van der Waals surface area contributed by atoms with Crippen molar-refractivity contribution in [3.8, 4) is 0 Å². The first kappa shape index (κ1) is 19.3. The maximum atomic E-state index is 11.7. The average molecular weight is 317 g/mol. The van der Waals surface area contributed by atoms with Gasteiger partial charge in [0, 0.05) is 6.54 Å². The summed E-state index contributed by atoms with van der Waals surface area (Å²) in [6, 6.07) is 6.48. The first-order valence-electron chi connectivity index (χ1n) is 8.38. The van der Waals surface area contributed by atoms with E-state index in [0.717, 1.165) is 0 Å². The number of alkyl carbamates (subject to hydrolysis) is 1. The second kappa shape index (κ2) is 8.19. The summed E-state index contributed by atoms with van der Waals surface area (Å²) in [7, 11) is 0. The molecule has 1 aromatic rings. The van der Waals surface area contributed by atoms with Crippen molar-refractivity contribution in [1.29, 1.82) is 0 Å². The lowest BCUT2D eigenvalue weighted by molar-refractivity contribution is 0.0534. The highest BCUT2D eigenvalue weighted by Gasteiger charge is 2.15. The summed E-state index contributed by atoms with van der Waals surface area (Å²) in [6.45, 7) is 14.8. The van der Waals surface area contributed by atoms with Crippen LogP contribution in [0.5, 0.6) is 0 Å². The number of benzene rings is 1. The van der Waals surface area contributed by atoms with Gasteiger partial charge in [-0.2, -0.15) is 0 Å². The number of carbonyl (C=O) groups excluding carboxylic acids is 1. The zero-order chi connectivity index (χ0) is 17.6. The van der Waals surface area contributed by atoms with Crippen molar-refractivity contribution < 1.29 is 9.53 Å². The third kappa shape index (κ3) is 6.47. The zero-order valence-corrected chi connectivity index (χ0v) is 15.6. The highest BCUT2D eigenvalue weighted by molar-refractivity contribution is 5.68. The Morgan fingerprint density at radius 1 is 1.13 bits per heavy atom. The molecular formula is C20H31NO2. The van der Waals surface area contributed by atoms with Crippen molar-refractivity contribution in [3.05, 3.63) is 41.0 Å². The Balaban J connectivity index is 2.81. The molecule has 0 aliphatic rings. The molecule has 0 spiro atoms. The smallest absolute Gasteiger partial charge is 0.407 e. The van der Waals surface area contributed by atoms with Crippen molar-refractivity contribution in [2.24, 2.45) is 0 Å². The highest BCUT2D eigenvalue weighted by atomic mass is 16.6. The minimum Gasteiger partial charge on any atom is -0.444 e. The molecule has 0 fully saturated rings. The fourth-order valence-corrected chi connectivity index (χ4v) is 2.43. The Kier molecular flexibility index (Phi) is 6.86. The standard InChI is InChI=1S/C20H31NO2/c1-14(2)16-10-8-11-17(15(3)4)18(16)12-9-13-21-19(22)23-20(5,6)7/h8-12,14-15H,13H2,1-7H3,(H,21,22). The fraction of sp³-hybridized carbons (Fsp3) is 0.550. The van der Waals surface area contributed by atoms with Crippen molar-refractivity contribution in [1.82, 2.24) is 5.32 Å². The summed E-state index contributed by atoms with van der Waals surface area (Å²) in [6.07, 6.45) is 3.71. The van der Waals surface area contributed by atoms with Gasteiger partial charge in [0.2, 0.25) is 0 Å². The predicted octanol–water partition coefficient (Wildman–Crippen LogP) is 5.47. The number of hydrogen-bond acceptors (Lipinski definition) is 2. The van der Waals surface area contributed by atoms with Gasteiger partial charge in [-0.05, 0) is 49.3 Å². The molecule has 3 heteroatoms. The van der Waals surface area contributed by atoms with Crippen LogP contribution < -0.4 is 5.32 Å². The second-order valence-electron chi connectivity index (χ2n) is 7.44. The second-order valence-corrected chi connectivity index (χ2v) is 7.44. The zero-order valence-electron chi connectivity index (χ0n) is 15.6. The van der Waals surface area contributed by atoms with Crippen LogP contribution in [0.15, 0.2) is 24.3 Å². The Morgan fingerprint density at radius 2 is 1.65 bits per heavy atom. The summed E-state index contributed by atoms with van der Waals surface area (Å²) in [4.78, 5) is 11.7. The fourth-order valence-electron chi connectivity index (χ4n) is 2.43. The van der Waals surface area contributed by atoms with E-state index in [0.29, 0.717) is 18.4 Å². The Morgan fingerprint density at radius 3 is 2.09 bits per heavy atom. The molecule has 1 rings (SSSR count). The van der Waals surface area contributed by atoms with Crippen LogP contribution in [-0.4, -0.2) is 18.2 Å². The van der Waals surface area contributed by atoms with Gasteiger partial charge in [0.05, 0.1) is 0 Å². The molecule has 0 aliphatic heterocycles. The van der Waals surface area contributed by atoms with Crippen LogP contribution >= 0.6 is 0 Å². The molecule has 0 unspecified atom stereocenters. The van der Waals surface area contributed by atoms with Crippen molar-refractivity contribution in [2.75, 3.05) is 6.54 Å². The monoisotopic (exact) mass is 317 g/mol. The van der Waals surface area contributed by atoms with Gasteiger partial charge < -0.3 is 10.1 Å². The SMILES string of the molecule is CC(C)c1cccc(C(C)C)c1C=CCNC(=O)OC(C)(C)C. The molecule has 3 nitrogen and oxygen atoms in total. The largest absolute Gasteiger partial charge is 0.444 e. The van der Waals surface area contributed by atoms with Gasteiger partial charge in [0.25, 0.3) is 0 Å². The third-order valence-electron chi connectivity index (χ3n) is 3.47. The summed E-state index contributed by atoms with van der Waals surface area (Å²) < 4.78 is 5.23. The van der Waals surface area contributed by atoms with Crippen molar-refractivity contribution in [2.45, 2.75) is 65.9 Å². The van der Waals surface area contributed by atoms with E-state index >= 15 is 0 Å². The van der Waals surface area contributed by atoms with Gasteiger partial charge >= 0.3 is 6.09 Å². The average Bonchev–Trinajstić information content (AvgIpc) is 2.41. The first-order chi connectivity index (χ1) is 10.6. The number of carbonyl (C=O) groups is 1. The summed E-state index contributed by atoms with van der Waals surface area (Å²) >= 11 is 0. The van der Waals surface area contributed by atoms with Gasteiger partial charge in [0.1, 0.15) is 5.60 Å². The summed E-state index contributed by atoms with van der Waals surface area (Å²) in [5.41, 5.74) is 3.47. The molecule has 0 heterocycles. The minimum absolute atomic E-state index is 0.386. The molecular weight excluding hydrogens is 286 g/mol. The molecule has 0 saturated heterocycles. The number of ether oxygens (including phenoxy) is 1. The molecule has 1 aromatic carbocycles. The van der Waals surface area contributed by atoms with E-state index in [-0.39, 0.29) is 6.09 Å². The quantitative estimate of drug-likeness (QED) is 0.782. The normalized spacial score (nSPS) is 12.2. The Hall–Kier alpha value is -1.77. The molecule has 0 bridgehead atoms. The molecule has 23 heavy (non-hydrogen) atoms. The van der Waals surface area contributed by atoms with Crippen LogP contribution in [0.2, 0.25) is 0 Å². The van der Waals surface area contributed by atoms with Gasteiger partial charge in [-0.1, -0.05) is 58.0 Å². The lowest BCUT2D eigenvalue weighted by atomic mass is 9.88. The van der Waals surface area contributed by atoms with E-state index in [1.165, 1.54) is 16.7 Å². The van der Waals surface area contributed by atoms with E-state index < -0.39 is 5.60 Å².